The predicted molar refractivity (Wildman–Crippen MR) is 114 cm³/mol. The van der Waals surface area contributed by atoms with E-state index in [9.17, 15) is 0 Å². The molecule has 2 aliphatic rings. The first-order valence-corrected chi connectivity index (χ1v) is 10.7. The number of hydrogen-bond donors (Lipinski definition) is 0. The highest BCUT2D eigenvalue weighted by atomic mass is 16.5. The summed E-state index contributed by atoms with van der Waals surface area (Å²) < 4.78 is 7.43. The van der Waals surface area contributed by atoms with Gasteiger partial charge in [-0.05, 0) is 44.0 Å². The molecule has 1 atom stereocenters. The molecule has 6 nitrogen and oxygen atoms in total. The first kappa shape index (κ1) is 18.6. The number of likely N-dealkylation sites (tertiary alicyclic amines) is 1. The SMILES string of the molecule is Cc1cccc(CN2CCCC(c3nc4ccc(N5CCOCC5)cn4n3)C2)c1. The fourth-order valence-corrected chi connectivity index (χ4v) is 4.55. The standard InChI is InChI=1S/C23H29N5O/c1-18-4-2-5-19(14-18)15-26-9-3-6-20(16-26)23-24-22-8-7-21(17-28(22)25-23)27-10-12-29-13-11-27/h2,4-5,7-8,14,17,20H,3,6,9-13,15-16H2,1H3. The van der Waals surface area contributed by atoms with Crippen molar-refractivity contribution in [3.8, 4) is 0 Å². The highest BCUT2D eigenvalue weighted by molar-refractivity contribution is 5.51. The molecule has 0 spiro atoms. The molecule has 6 heteroatoms. The number of morpholine rings is 1. The zero-order valence-electron chi connectivity index (χ0n) is 17.1. The molecule has 0 aliphatic carbocycles. The molecule has 0 radical (unpaired) electrons. The lowest BCUT2D eigenvalue weighted by atomic mass is 9.97. The molecule has 3 aromatic rings. The van der Waals surface area contributed by atoms with Gasteiger partial charge in [0.1, 0.15) is 0 Å². The van der Waals surface area contributed by atoms with Gasteiger partial charge in [-0.3, -0.25) is 4.90 Å². The molecule has 0 bridgehead atoms. The van der Waals surface area contributed by atoms with E-state index in [0.29, 0.717) is 5.92 Å². The van der Waals surface area contributed by atoms with Crippen molar-refractivity contribution in [2.24, 2.45) is 0 Å². The van der Waals surface area contributed by atoms with Crippen molar-refractivity contribution < 1.29 is 4.74 Å². The Hall–Kier alpha value is -2.44. The lowest BCUT2D eigenvalue weighted by Crippen LogP contribution is -2.36. The number of fused-ring (bicyclic) bond motifs is 1. The van der Waals surface area contributed by atoms with E-state index in [1.807, 2.05) is 4.52 Å². The van der Waals surface area contributed by atoms with Crippen molar-refractivity contribution >= 4 is 11.3 Å². The predicted octanol–water partition coefficient (Wildman–Crippen LogP) is 3.25. The van der Waals surface area contributed by atoms with Gasteiger partial charge in [0.05, 0.1) is 25.1 Å². The van der Waals surface area contributed by atoms with Crippen molar-refractivity contribution in [3.63, 3.8) is 0 Å². The number of hydrogen-bond acceptors (Lipinski definition) is 5. The van der Waals surface area contributed by atoms with E-state index >= 15 is 0 Å². The lowest BCUT2D eigenvalue weighted by molar-refractivity contribution is 0.122. The van der Waals surface area contributed by atoms with E-state index < -0.39 is 0 Å². The molecular weight excluding hydrogens is 362 g/mol. The molecule has 0 amide bonds. The second-order valence-electron chi connectivity index (χ2n) is 8.32. The minimum Gasteiger partial charge on any atom is -0.378 e. The van der Waals surface area contributed by atoms with Gasteiger partial charge >= 0.3 is 0 Å². The summed E-state index contributed by atoms with van der Waals surface area (Å²) >= 11 is 0. The third-order valence-electron chi connectivity index (χ3n) is 6.07. The van der Waals surface area contributed by atoms with E-state index in [1.165, 1.54) is 23.2 Å². The number of piperidine rings is 1. The molecule has 2 fully saturated rings. The quantitative estimate of drug-likeness (QED) is 0.683. The van der Waals surface area contributed by atoms with Crippen molar-refractivity contribution in [2.45, 2.75) is 32.2 Å². The Kier molecular flexibility index (Phi) is 5.21. The molecule has 4 heterocycles. The monoisotopic (exact) mass is 391 g/mol. The molecule has 0 N–H and O–H groups in total. The Morgan fingerprint density at radius 1 is 1.10 bits per heavy atom. The van der Waals surface area contributed by atoms with E-state index in [4.69, 9.17) is 14.8 Å². The summed E-state index contributed by atoms with van der Waals surface area (Å²) in [6.07, 6.45) is 4.48. The van der Waals surface area contributed by atoms with Gasteiger partial charge in [-0.15, -0.1) is 0 Å². The van der Waals surface area contributed by atoms with Crippen LogP contribution in [0.25, 0.3) is 5.65 Å². The molecule has 1 unspecified atom stereocenters. The number of rotatable bonds is 4. The Balaban J connectivity index is 1.31. The van der Waals surface area contributed by atoms with E-state index in [-0.39, 0.29) is 0 Å². The Morgan fingerprint density at radius 3 is 2.86 bits per heavy atom. The van der Waals surface area contributed by atoms with Gasteiger partial charge in [-0.2, -0.15) is 5.10 Å². The van der Waals surface area contributed by atoms with E-state index in [0.717, 1.165) is 63.8 Å². The second-order valence-corrected chi connectivity index (χ2v) is 8.32. The van der Waals surface area contributed by atoms with Crippen LogP contribution in [0.1, 0.15) is 35.7 Å². The maximum absolute atomic E-state index is 5.47. The van der Waals surface area contributed by atoms with Gasteiger partial charge in [0.2, 0.25) is 0 Å². The molecule has 2 aromatic heterocycles. The third kappa shape index (κ3) is 4.14. The summed E-state index contributed by atoms with van der Waals surface area (Å²) in [4.78, 5) is 9.77. The zero-order chi connectivity index (χ0) is 19.6. The Bertz CT molecular complexity index is 978. The van der Waals surface area contributed by atoms with Gasteiger partial charge in [-0.1, -0.05) is 29.8 Å². The summed E-state index contributed by atoms with van der Waals surface area (Å²) in [7, 11) is 0. The molecule has 1 aromatic carbocycles. The molecule has 152 valence electrons. The van der Waals surface area contributed by atoms with Crippen molar-refractivity contribution in [3.05, 3.63) is 59.5 Å². The molecular formula is C23H29N5O. The minimum atomic E-state index is 0.403. The van der Waals surface area contributed by atoms with Crippen LogP contribution in [0.5, 0.6) is 0 Å². The number of aromatic nitrogens is 3. The number of anilines is 1. The summed E-state index contributed by atoms with van der Waals surface area (Å²) in [6.45, 7) is 8.80. The highest BCUT2D eigenvalue weighted by Gasteiger charge is 2.25. The number of ether oxygens (including phenoxy) is 1. The Morgan fingerprint density at radius 2 is 2.00 bits per heavy atom. The third-order valence-corrected chi connectivity index (χ3v) is 6.07. The van der Waals surface area contributed by atoms with E-state index in [1.54, 1.807) is 0 Å². The van der Waals surface area contributed by atoms with Crippen LogP contribution >= 0.6 is 0 Å². The molecule has 2 aliphatic heterocycles. The van der Waals surface area contributed by atoms with Gasteiger partial charge in [0.15, 0.2) is 11.5 Å². The maximum atomic E-state index is 5.47. The van der Waals surface area contributed by atoms with Crippen LogP contribution in [0.3, 0.4) is 0 Å². The van der Waals surface area contributed by atoms with Crippen LogP contribution in [-0.4, -0.2) is 58.9 Å². The summed E-state index contributed by atoms with van der Waals surface area (Å²) in [5.41, 5.74) is 4.85. The normalized spacial score (nSPS) is 21.0. The van der Waals surface area contributed by atoms with Crippen LogP contribution in [0.2, 0.25) is 0 Å². The molecule has 5 rings (SSSR count). The van der Waals surface area contributed by atoms with Crippen molar-refractivity contribution in [2.75, 3.05) is 44.3 Å². The van der Waals surface area contributed by atoms with Crippen LogP contribution < -0.4 is 4.90 Å². The van der Waals surface area contributed by atoms with Gasteiger partial charge in [0, 0.05) is 32.1 Å². The zero-order valence-corrected chi connectivity index (χ0v) is 17.1. The van der Waals surface area contributed by atoms with Crippen molar-refractivity contribution in [1.29, 1.82) is 0 Å². The molecule has 2 saturated heterocycles. The lowest BCUT2D eigenvalue weighted by Gasteiger charge is -2.31. The first-order chi connectivity index (χ1) is 14.2. The maximum Gasteiger partial charge on any atom is 0.156 e. The number of pyridine rings is 1. The second kappa shape index (κ2) is 8.13. The fraction of sp³-hybridized carbons (Fsp3) is 0.478. The average Bonchev–Trinajstić information content (AvgIpc) is 3.18. The van der Waals surface area contributed by atoms with Gasteiger partial charge in [-0.25, -0.2) is 9.50 Å². The van der Waals surface area contributed by atoms with Crippen LogP contribution in [0.4, 0.5) is 5.69 Å². The highest BCUT2D eigenvalue weighted by Crippen LogP contribution is 2.27. The number of nitrogens with zero attached hydrogens (tertiary/aromatic N) is 5. The van der Waals surface area contributed by atoms with E-state index in [2.05, 4.69) is 59.3 Å². The number of aryl methyl sites for hydroxylation is 1. The van der Waals surface area contributed by atoms with Crippen molar-refractivity contribution in [1.82, 2.24) is 19.5 Å². The minimum absolute atomic E-state index is 0.403. The summed E-state index contributed by atoms with van der Waals surface area (Å²) in [5.74, 6) is 1.39. The van der Waals surface area contributed by atoms with Crippen LogP contribution in [0, 0.1) is 6.92 Å². The largest absolute Gasteiger partial charge is 0.378 e. The summed E-state index contributed by atoms with van der Waals surface area (Å²) in [5, 5.41) is 4.87. The van der Waals surface area contributed by atoms with Gasteiger partial charge < -0.3 is 9.64 Å². The van der Waals surface area contributed by atoms with Gasteiger partial charge in [0.25, 0.3) is 0 Å². The Labute approximate surface area is 172 Å². The fourth-order valence-electron chi connectivity index (χ4n) is 4.55. The van der Waals surface area contributed by atoms with Crippen LogP contribution in [0.15, 0.2) is 42.6 Å². The summed E-state index contributed by atoms with van der Waals surface area (Å²) in [6, 6.07) is 13.1. The average molecular weight is 392 g/mol. The van der Waals surface area contributed by atoms with Crippen LogP contribution in [-0.2, 0) is 11.3 Å². The molecule has 29 heavy (non-hydrogen) atoms. The topological polar surface area (TPSA) is 45.9 Å². The smallest absolute Gasteiger partial charge is 0.156 e. The molecule has 0 saturated carbocycles. The first-order valence-electron chi connectivity index (χ1n) is 10.7. The number of benzene rings is 1.